The molecular weight excluding hydrogens is 330 g/mol. The fraction of sp³-hybridized carbons (Fsp3) is 0.471. The number of urea groups is 1. The van der Waals surface area contributed by atoms with E-state index in [1.165, 1.54) is 0 Å². The summed E-state index contributed by atoms with van der Waals surface area (Å²) in [4.78, 5) is 37.5. The second kappa shape index (κ2) is 7.66. The van der Waals surface area contributed by atoms with Gasteiger partial charge in [0, 0.05) is 24.0 Å². The van der Waals surface area contributed by atoms with Crippen LogP contribution in [-0.4, -0.2) is 34.8 Å². The monoisotopic (exact) mass is 351 g/mol. The molecule has 1 aromatic carbocycles. The van der Waals surface area contributed by atoms with E-state index < -0.39 is 12.1 Å². The molecule has 6 nitrogen and oxygen atoms in total. The van der Waals surface area contributed by atoms with Crippen molar-refractivity contribution < 1.29 is 14.4 Å². The molecule has 1 atom stereocenters. The molecule has 0 bridgehead atoms. The third-order valence-corrected chi connectivity index (χ3v) is 4.16. The number of nitrogens with zero attached hydrogens (tertiary/aromatic N) is 1. The summed E-state index contributed by atoms with van der Waals surface area (Å²) in [7, 11) is 0. The molecule has 1 aromatic rings. The van der Waals surface area contributed by atoms with Crippen molar-refractivity contribution in [2.75, 3.05) is 0 Å². The molecule has 1 aliphatic rings. The number of halogens is 1. The first-order valence-electron chi connectivity index (χ1n) is 7.95. The number of likely N-dealkylation sites (tertiary alicyclic amines) is 1. The Morgan fingerprint density at radius 3 is 2.71 bits per heavy atom. The fourth-order valence-electron chi connectivity index (χ4n) is 2.60. The molecule has 7 heteroatoms. The van der Waals surface area contributed by atoms with Crippen LogP contribution in [0.5, 0.6) is 0 Å². The number of carbonyl (C=O) groups is 3. The Hall–Kier alpha value is -2.08. The maximum atomic E-state index is 12.4. The van der Waals surface area contributed by atoms with Gasteiger partial charge in [-0.1, -0.05) is 23.7 Å². The standard InChI is InChI=1S/C17H22ClN3O3/c1-10(2)20-17(24)21-14(6-7-15(21)22)16(23)19-9-12-5-4-11(3)8-13(12)18/h4-5,8,10,14H,6-7,9H2,1-3H3,(H,19,23)(H,20,24)/t14-/m0/s1. The molecule has 0 radical (unpaired) electrons. The summed E-state index contributed by atoms with van der Waals surface area (Å²) >= 11 is 6.15. The summed E-state index contributed by atoms with van der Waals surface area (Å²) in [6.45, 7) is 5.78. The topological polar surface area (TPSA) is 78.5 Å². The first kappa shape index (κ1) is 18.3. The maximum Gasteiger partial charge on any atom is 0.325 e. The molecule has 1 heterocycles. The van der Waals surface area contributed by atoms with Gasteiger partial charge in [-0.15, -0.1) is 0 Å². The van der Waals surface area contributed by atoms with E-state index in [0.29, 0.717) is 11.4 Å². The zero-order valence-corrected chi connectivity index (χ0v) is 14.8. The molecule has 2 N–H and O–H groups in total. The highest BCUT2D eigenvalue weighted by molar-refractivity contribution is 6.31. The van der Waals surface area contributed by atoms with Crippen molar-refractivity contribution in [2.45, 2.75) is 52.2 Å². The van der Waals surface area contributed by atoms with Crippen molar-refractivity contribution in [1.82, 2.24) is 15.5 Å². The lowest BCUT2D eigenvalue weighted by Gasteiger charge is -2.23. The summed E-state index contributed by atoms with van der Waals surface area (Å²) in [5, 5.41) is 5.99. The molecule has 4 amide bonds. The highest BCUT2D eigenvalue weighted by Crippen LogP contribution is 2.21. The van der Waals surface area contributed by atoms with E-state index in [1.807, 2.05) is 25.1 Å². The Bertz CT molecular complexity index is 660. The van der Waals surface area contributed by atoms with Gasteiger partial charge in [-0.05, 0) is 44.4 Å². The minimum absolute atomic E-state index is 0.110. The molecule has 1 aliphatic heterocycles. The van der Waals surface area contributed by atoms with Crippen molar-refractivity contribution in [2.24, 2.45) is 0 Å². The van der Waals surface area contributed by atoms with E-state index in [9.17, 15) is 14.4 Å². The Morgan fingerprint density at radius 2 is 2.08 bits per heavy atom. The summed E-state index contributed by atoms with van der Waals surface area (Å²) < 4.78 is 0. The van der Waals surface area contributed by atoms with E-state index in [4.69, 9.17) is 11.6 Å². The molecule has 0 aliphatic carbocycles. The minimum Gasteiger partial charge on any atom is -0.350 e. The average molecular weight is 352 g/mol. The number of benzene rings is 1. The minimum atomic E-state index is -0.777. The Kier molecular flexibility index (Phi) is 5.83. The van der Waals surface area contributed by atoms with E-state index in [0.717, 1.165) is 16.0 Å². The molecule has 1 fully saturated rings. The van der Waals surface area contributed by atoms with Gasteiger partial charge >= 0.3 is 6.03 Å². The van der Waals surface area contributed by atoms with Crippen LogP contribution >= 0.6 is 11.6 Å². The average Bonchev–Trinajstić information content (AvgIpc) is 2.87. The first-order valence-corrected chi connectivity index (χ1v) is 8.32. The number of imide groups is 1. The van der Waals surface area contributed by atoms with Crippen molar-refractivity contribution in [3.8, 4) is 0 Å². The van der Waals surface area contributed by atoms with Crippen LogP contribution in [0.3, 0.4) is 0 Å². The van der Waals surface area contributed by atoms with Gasteiger partial charge in [0.25, 0.3) is 0 Å². The quantitative estimate of drug-likeness (QED) is 0.874. The molecular formula is C17H22ClN3O3. The van der Waals surface area contributed by atoms with Gasteiger partial charge in [0.2, 0.25) is 11.8 Å². The molecule has 2 rings (SSSR count). The largest absolute Gasteiger partial charge is 0.350 e. The molecule has 24 heavy (non-hydrogen) atoms. The number of carbonyl (C=O) groups excluding carboxylic acids is 3. The number of nitrogens with one attached hydrogen (secondary N) is 2. The SMILES string of the molecule is Cc1ccc(CNC(=O)[C@@H]2CCC(=O)N2C(=O)NC(C)C)c(Cl)c1. The van der Waals surface area contributed by atoms with Crippen LogP contribution in [0.25, 0.3) is 0 Å². The van der Waals surface area contributed by atoms with Gasteiger partial charge < -0.3 is 10.6 Å². The van der Waals surface area contributed by atoms with Crippen LogP contribution < -0.4 is 10.6 Å². The summed E-state index contributed by atoms with van der Waals surface area (Å²) in [5.74, 6) is -0.682. The first-order chi connectivity index (χ1) is 11.3. The molecule has 0 unspecified atom stereocenters. The predicted molar refractivity (Wildman–Crippen MR) is 91.6 cm³/mol. The van der Waals surface area contributed by atoms with E-state index in [-0.39, 0.29) is 30.8 Å². The van der Waals surface area contributed by atoms with E-state index in [2.05, 4.69) is 10.6 Å². The van der Waals surface area contributed by atoms with Crippen molar-refractivity contribution in [3.63, 3.8) is 0 Å². The Labute approximate surface area is 146 Å². The number of hydrogen-bond acceptors (Lipinski definition) is 3. The molecule has 1 saturated heterocycles. The molecule has 0 spiro atoms. The van der Waals surface area contributed by atoms with Crippen molar-refractivity contribution >= 4 is 29.4 Å². The third kappa shape index (κ3) is 4.26. The highest BCUT2D eigenvalue weighted by Gasteiger charge is 2.40. The molecule has 0 aromatic heterocycles. The summed E-state index contributed by atoms with van der Waals surface area (Å²) in [6.07, 6.45) is 0.521. The van der Waals surface area contributed by atoms with Gasteiger partial charge in [-0.25, -0.2) is 4.79 Å². The normalized spacial score (nSPS) is 17.3. The van der Waals surface area contributed by atoms with Gasteiger partial charge in [-0.3, -0.25) is 14.5 Å². The summed E-state index contributed by atoms with van der Waals surface area (Å²) in [5.41, 5.74) is 1.83. The predicted octanol–water partition coefficient (Wildman–Crippen LogP) is 2.37. The van der Waals surface area contributed by atoms with E-state index in [1.54, 1.807) is 13.8 Å². The van der Waals surface area contributed by atoms with Gasteiger partial charge in [0.05, 0.1) is 0 Å². The maximum absolute atomic E-state index is 12.4. The van der Waals surface area contributed by atoms with Gasteiger partial charge in [0.15, 0.2) is 0 Å². The zero-order chi connectivity index (χ0) is 17.9. The molecule has 130 valence electrons. The van der Waals surface area contributed by atoms with Crippen LogP contribution in [0.15, 0.2) is 18.2 Å². The number of amides is 4. The lowest BCUT2D eigenvalue weighted by atomic mass is 10.1. The Morgan fingerprint density at radius 1 is 1.38 bits per heavy atom. The zero-order valence-electron chi connectivity index (χ0n) is 14.1. The van der Waals surface area contributed by atoms with Crippen molar-refractivity contribution in [3.05, 3.63) is 34.3 Å². The lowest BCUT2D eigenvalue weighted by Crippen LogP contribution is -2.52. The fourth-order valence-corrected chi connectivity index (χ4v) is 2.90. The van der Waals surface area contributed by atoms with Crippen LogP contribution in [-0.2, 0) is 16.1 Å². The van der Waals surface area contributed by atoms with Crippen molar-refractivity contribution in [1.29, 1.82) is 0 Å². The smallest absolute Gasteiger partial charge is 0.325 e. The van der Waals surface area contributed by atoms with Crippen LogP contribution in [0, 0.1) is 6.92 Å². The Balaban J connectivity index is 2.02. The second-order valence-electron chi connectivity index (χ2n) is 6.24. The van der Waals surface area contributed by atoms with Crippen LogP contribution in [0.2, 0.25) is 5.02 Å². The molecule has 0 saturated carbocycles. The highest BCUT2D eigenvalue weighted by atomic mass is 35.5. The lowest BCUT2D eigenvalue weighted by molar-refractivity contribution is -0.132. The number of hydrogen-bond donors (Lipinski definition) is 2. The van der Waals surface area contributed by atoms with Crippen LogP contribution in [0.1, 0.15) is 37.8 Å². The van der Waals surface area contributed by atoms with Gasteiger partial charge in [-0.2, -0.15) is 0 Å². The summed E-state index contributed by atoms with van der Waals surface area (Å²) in [6, 6.07) is 4.17. The third-order valence-electron chi connectivity index (χ3n) is 3.81. The van der Waals surface area contributed by atoms with Gasteiger partial charge in [0.1, 0.15) is 6.04 Å². The van der Waals surface area contributed by atoms with Crippen LogP contribution in [0.4, 0.5) is 4.79 Å². The van der Waals surface area contributed by atoms with E-state index >= 15 is 0 Å². The second-order valence-corrected chi connectivity index (χ2v) is 6.64. The number of aryl methyl sites for hydroxylation is 1. The number of rotatable bonds is 4.